The van der Waals surface area contributed by atoms with Crippen molar-refractivity contribution in [3.8, 4) is 0 Å². The molecule has 1 saturated heterocycles. The first kappa shape index (κ1) is 12.0. The first-order chi connectivity index (χ1) is 9.33. The van der Waals surface area contributed by atoms with Crippen molar-refractivity contribution in [2.24, 2.45) is 0 Å². The predicted molar refractivity (Wildman–Crippen MR) is 77.9 cm³/mol. The lowest BCUT2D eigenvalue weighted by molar-refractivity contribution is 0.930. The maximum atomic E-state index is 4.59. The quantitative estimate of drug-likeness (QED) is 0.913. The molecule has 4 nitrogen and oxygen atoms in total. The molecule has 19 heavy (non-hydrogen) atoms. The molecule has 98 valence electrons. The third-order valence-electron chi connectivity index (χ3n) is 3.46. The summed E-state index contributed by atoms with van der Waals surface area (Å²) in [6, 6.07) is 10.1. The molecule has 4 heteroatoms. The van der Waals surface area contributed by atoms with E-state index < -0.39 is 0 Å². The van der Waals surface area contributed by atoms with Gasteiger partial charge >= 0.3 is 0 Å². The molecule has 0 atom stereocenters. The van der Waals surface area contributed by atoms with Crippen LogP contribution in [-0.2, 0) is 0 Å². The minimum atomic E-state index is 0.665. The lowest BCUT2D eigenvalue weighted by Crippen LogP contribution is -2.19. The zero-order chi connectivity index (χ0) is 13.1. The number of nitrogens with zero attached hydrogens (tertiary/aromatic N) is 3. The fourth-order valence-electron chi connectivity index (χ4n) is 2.37. The third kappa shape index (κ3) is 2.67. The Morgan fingerprint density at radius 3 is 2.68 bits per heavy atom. The molecular formula is C15H18N4. The van der Waals surface area contributed by atoms with Crippen LogP contribution < -0.4 is 10.2 Å². The number of rotatable bonds is 3. The van der Waals surface area contributed by atoms with Gasteiger partial charge in [-0.25, -0.2) is 4.98 Å². The molecule has 1 N–H and O–H groups in total. The lowest BCUT2D eigenvalue weighted by atomic mass is 10.2. The molecule has 1 aromatic carbocycles. The zero-order valence-electron chi connectivity index (χ0n) is 11.1. The van der Waals surface area contributed by atoms with Crippen molar-refractivity contribution in [3.63, 3.8) is 0 Å². The Bertz CT molecular complexity index is 562. The van der Waals surface area contributed by atoms with Crippen LogP contribution in [0.5, 0.6) is 0 Å². The molecule has 0 bridgehead atoms. The van der Waals surface area contributed by atoms with Crippen molar-refractivity contribution in [3.05, 3.63) is 42.1 Å². The summed E-state index contributed by atoms with van der Waals surface area (Å²) in [6.07, 6.45) is 4.33. The van der Waals surface area contributed by atoms with E-state index in [1.54, 1.807) is 0 Å². The number of para-hydroxylation sites is 1. The summed E-state index contributed by atoms with van der Waals surface area (Å²) < 4.78 is 0. The van der Waals surface area contributed by atoms with E-state index >= 15 is 0 Å². The average molecular weight is 254 g/mol. The second-order valence-electron chi connectivity index (χ2n) is 4.87. The molecule has 1 aliphatic rings. The molecule has 0 spiro atoms. The number of nitrogens with one attached hydrogen (secondary N) is 1. The fraction of sp³-hybridized carbons (Fsp3) is 0.333. The molecule has 1 aliphatic heterocycles. The van der Waals surface area contributed by atoms with Crippen molar-refractivity contribution < 1.29 is 0 Å². The van der Waals surface area contributed by atoms with E-state index in [1.807, 2.05) is 30.5 Å². The van der Waals surface area contributed by atoms with Crippen LogP contribution in [-0.4, -0.2) is 23.1 Å². The van der Waals surface area contributed by atoms with E-state index in [0.717, 1.165) is 24.6 Å². The minimum Gasteiger partial charge on any atom is -0.356 e. The van der Waals surface area contributed by atoms with Crippen LogP contribution in [0, 0.1) is 6.92 Å². The highest BCUT2D eigenvalue weighted by molar-refractivity contribution is 5.59. The summed E-state index contributed by atoms with van der Waals surface area (Å²) in [6.45, 7) is 4.27. The molecule has 1 fully saturated rings. The topological polar surface area (TPSA) is 41.1 Å². The van der Waals surface area contributed by atoms with Crippen LogP contribution in [0.3, 0.4) is 0 Å². The largest absolute Gasteiger partial charge is 0.356 e. The molecule has 2 heterocycles. The van der Waals surface area contributed by atoms with Gasteiger partial charge in [0.25, 0.3) is 0 Å². The van der Waals surface area contributed by atoms with E-state index in [0.29, 0.717) is 5.95 Å². The van der Waals surface area contributed by atoms with Gasteiger partial charge in [0.05, 0.1) is 0 Å². The van der Waals surface area contributed by atoms with Gasteiger partial charge < -0.3 is 10.2 Å². The molecule has 0 radical (unpaired) electrons. The molecule has 1 aromatic heterocycles. The standard InChI is InChI=1S/C15H18N4/c1-12-6-2-3-7-13(12)17-15-16-9-8-14(18-15)19-10-4-5-11-19/h2-3,6-9H,4-5,10-11H2,1H3,(H,16,17,18). The van der Waals surface area contributed by atoms with E-state index in [2.05, 4.69) is 33.2 Å². The van der Waals surface area contributed by atoms with Gasteiger partial charge in [-0.05, 0) is 37.5 Å². The van der Waals surface area contributed by atoms with Gasteiger partial charge in [0.2, 0.25) is 5.95 Å². The van der Waals surface area contributed by atoms with Gasteiger partial charge in [-0.15, -0.1) is 0 Å². The normalized spacial score (nSPS) is 14.7. The Morgan fingerprint density at radius 1 is 1.11 bits per heavy atom. The van der Waals surface area contributed by atoms with Crippen molar-refractivity contribution >= 4 is 17.5 Å². The Labute approximate surface area is 113 Å². The number of anilines is 3. The first-order valence-electron chi connectivity index (χ1n) is 6.73. The van der Waals surface area contributed by atoms with E-state index in [4.69, 9.17) is 0 Å². The molecular weight excluding hydrogens is 236 g/mol. The Kier molecular flexibility index (Phi) is 3.31. The van der Waals surface area contributed by atoms with Crippen LogP contribution >= 0.6 is 0 Å². The van der Waals surface area contributed by atoms with Crippen molar-refractivity contribution in [2.45, 2.75) is 19.8 Å². The SMILES string of the molecule is Cc1ccccc1Nc1nccc(N2CCCC2)n1. The zero-order valence-corrected chi connectivity index (χ0v) is 11.1. The molecule has 3 rings (SSSR count). The summed E-state index contributed by atoms with van der Waals surface area (Å²) in [4.78, 5) is 11.2. The molecule has 0 aliphatic carbocycles. The van der Waals surface area contributed by atoms with Crippen LogP contribution in [0.1, 0.15) is 18.4 Å². The maximum absolute atomic E-state index is 4.59. The first-order valence-corrected chi connectivity index (χ1v) is 6.73. The second kappa shape index (κ2) is 5.26. The van der Waals surface area contributed by atoms with E-state index in [1.165, 1.54) is 18.4 Å². The monoisotopic (exact) mass is 254 g/mol. The predicted octanol–water partition coefficient (Wildman–Crippen LogP) is 3.13. The van der Waals surface area contributed by atoms with Crippen LogP contribution in [0.25, 0.3) is 0 Å². The molecule has 0 unspecified atom stereocenters. The number of benzene rings is 1. The molecule has 2 aromatic rings. The van der Waals surface area contributed by atoms with Crippen LogP contribution in [0.4, 0.5) is 17.5 Å². The fourth-order valence-corrected chi connectivity index (χ4v) is 2.37. The van der Waals surface area contributed by atoms with Gasteiger partial charge in [0, 0.05) is 25.0 Å². The number of hydrogen-bond donors (Lipinski definition) is 1. The van der Waals surface area contributed by atoms with Crippen LogP contribution in [0.2, 0.25) is 0 Å². The summed E-state index contributed by atoms with van der Waals surface area (Å²) >= 11 is 0. The number of aromatic nitrogens is 2. The number of aryl methyl sites for hydroxylation is 1. The summed E-state index contributed by atoms with van der Waals surface area (Å²) in [5.74, 6) is 1.68. The molecule has 0 amide bonds. The second-order valence-corrected chi connectivity index (χ2v) is 4.87. The third-order valence-corrected chi connectivity index (χ3v) is 3.46. The summed E-state index contributed by atoms with van der Waals surface area (Å²) in [5.41, 5.74) is 2.25. The smallest absolute Gasteiger partial charge is 0.229 e. The average Bonchev–Trinajstić information content (AvgIpc) is 2.96. The van der Waals surface area contributed by atoms with Crippen LogP contribution in [0.15, 0.2) is 36.5 Å². The highest BCUT2D eigenvalue weighted by Crippen LogP contribution is 2.21. The van der Waals surface area contributed by atoms with Gasteiger partial charge in [-0.3, -0.25) is 0 Å². The van der Waals surface area contributed by atoms with Gasteiger partial charge in [-0.1, -0.05) is 18.2 Å². The summed E-state index contributed by atoms with van der Waals surface area (Å²) in [7, 11) is 0. The highest BCUT2D eigenvalue weighted by Gasteiger charge is 2.14. The van der Waals surface area contributed by atoms with Gasteiger partial charge in [-0.2, -0.15) is 4.98 Å². The minimum absolute atomic E-state index is 0.665. The highest BCUT2D eigenvalue weighted by atomic mass is 15.2. The lowest BCUT2D eigenvalue weighted by Gasteiger charge is -2.17. The van der Waals surface area contributed by atoms with Crippen molar-refractivity contribution in [2.75, 3.05) is 23.3 Å². The van der Waals surface area contributed by atoms with Gasteiger partial charge in [0.15, 0.2) is 0 Å². The van der Waals surface area contributed by atoms with Crippen molar-refractivity contribution in [1.82, 2.24) is 9.97 Å². The Balaban J connectivity index is 1.81. The van der Waals surface area contributed by atoms with Gasteiger partial charge in [0.1, 0.15) is 5.82 Å². The van der Waals surface area contributed by atoms with E-state index in [-0.39, 0.29) is 0 Å². The Hall–Kier alpha value is -2.10. The van der Waals surface area contributed by atoms with Crippen molar-refractivity contribution in [1.29, 1.82) is 0 Å². The summed E-state index contributed by atoms with van der Waals surface area (Å²) in [5, 5.41) is 3.29. The van der Waals surface area contributed by atoms with E-state index in [9.17, 15) is 0 Å². The Morgan fingerprint density at radius 2 is 1.89 bits per heavy atom. The number of hydrogen-bond acceptors (Lipinski definition) is 4. The maximum Gasteiger partial charge on any atom is 0.229 e. The molecule has 0 saturated carbocycles.